The lowest BCUT2D eigenvalue weighted by Crippen LogP contribution is -2.70. The molecule has 0 radical (unpaired) electrons. The third-order valence-corrected chi connectivity index (χ3v) is 7.67. The molecule has 1 heterocycles. The third-order valence-electron chi connectivity index (χ3n) is 7.67. The number of nitrogens with zero attached hydrogens (tertiary/aromatic N) is 1. The van der Waals surface area contributed by atoms with Crippen molar-refractivity contribution in [2.24, 2.45) is 15.8 Å². The topological polar surface area (TPSA) is 64.9 Å². The number of aliphatic hydroxyl groups is 2. The SMILES string of the molecule is CCCCCCCCCCCC1=NCC(C(C)(C)C(C)O)(C(C)(C)C(C)O)N1. The Labute approximate surface area is 174 Å². The fraction of sp³-hybridized carbons (Fsp3) is 0.958. The Kier molecular flexibility index (Phi) is 9.96. The van der Waals surface area contributed by atoms with Crippen molar-refractivity contribution in [3.05, 3.63) is 0 Å². The van der Waals surface area contributed by atoms with Gasteiger partial charge in [-0.25, -0.2) is 0 Å². The molecule has 0 fully saturated rings. The van der Waals surface area contributed by atoms with Crippen molar-refractivity contribution in [2.45, 2.75) is 130 Å². The molecule has 166 valence electrons. The van der Waals surface area contributed by atoms with E-state index >= 15 is 0 Å². The molecule has 2 unspecified atom stereocenters. The van der Waals surface area contributed by atoms with E-state index in [1.807, 2.05) is 13.8 Å². The number of unbranched alkanes of at least 4 members (excludes halogenated alkanes) is 8. The molecule has 0 bridgehead atoms. The molecule has 0 saturated heterocycles. The van der Waals surface area contributed by atoms with E-state index in [-0.39, 0.29) is 0 Å². The quantitative estimate of drug-likeness (QED) is 0.341. The maximum Gasteiger partial charge on any atom is 0.0969 e. The monoisotopic (exact) mass is 396 g/mol. The normalized spacial score (nSPS) is 22.7. The van der Waals surface area contributed by atoms with Gasteiger partial charge in [0, 0.05) is 17.3 Å². The lowest BCUT2D eigenvalue weighted by molar-refractivity contribution is -0.0956. The van der Waals surface area contributed by atoms with Crippen LogP contribution in [0.3, 0.4) is 0 Å². The maximum absolute atomic E-state index is 10.5. The first-order valence-corrected chi connectivity index (χ1v) is 11.7. The molecule has 0 saturated carbocycles. The van der Waals surface area contributed by atoms with E-state index in [0.717, 1.165) is 18.7 Å². The molecular formula is C24H48N2O2. The number of amidine groups is 1. The molecule has 3 N–H and O–H groups in total. The molecular weight excluding hydrogens is 348 g/mol. The summed E-state index contributed by atoms with van der Waals surface area (Å²) in [7, 11) is 0. The van der Waals surface area contributed by atoms with E-state index in [0.29, 0.717) is 6.54 Å². The van der Waals surface area contributed by atoms with Gasteiger partial charge in [0.05, 0.1) is 30.1 Å². The second kappa shape index (κ2) is 11.0. The molecule has 1 rings (SSSR count). The van der Waals surface area contributed by atoms with Crippen LogP contribution in [0, 0.1) is 10.8 Å². The average Bonchev–Trinajstić information content (AvgIpc) is 3.06. The second-order valence-electron chi connectivity index (χ2n) is 10.2. The number of aliphatic hydroxyl groups excluding tert-OH is 2. The fourth-order valence-electron chi connectivity index (χ4n) is 4.56. The number of aliphatic imine (C=N–C) groups is 1. The standard InChI is InChI=1S/C24H48N2O2/c1-8-9-10-11-12-13-14-15-16-17-21-25-18-24(26-21,22(4,5)19(2)27)23(6,7)20(3)28/h19-20,27-28H,8-18H2,1-7H3,(H,25,26). The van der Waals surface area contributed by atoms with Gasteiger partial charge in [-0.1, -0.05) is 86.0 Å². The average molecular weight is 397 g/mol. The summed E-state index contributed by atoms with van der Waals surface area (Å²) >= 11 is 0. The molecule has 0 amide bonds. The van der Waals surface area contributed by atoms with Crippen LogP contribution in [-0.2, 0) is 0 Å². The second-order valence-corrected chi connectivity index (χ2v) is 10.2. The van der Waals surface area contributed by atoms with E-state index in [4.69, 9.17) is 4.99 Å². The minimum absolute atomic E-state index is 0.419. The first kappa shape index (κ1) is 25.4. The molecule has 28 heavy (non-hydrogen) atoms. The van der Waals surface area contributed by atoms with Gasteiger partial charge in [-0.05, 0) is 20.3 Å². The van der Waals surface area contributed by atoms with Gasteiger partial charge in [0.15, 0.2) is 0 Å². The Morgan fingerprint density at radius 1 is 0.857 bits per heavy atom. The van der Waals surface area contributed by atoms with Gasteiger partial charge in [0.1, 0.15) is 0 Å². The van der Waals surface area contributed by atoms with Crippen molar-refractivity contribution in [1.29, 1.82) is 0 Å². The summed E-state index contributed by atoms with van der Waals surface area (Å²) in [6.07, 6.45) is 11.8. The van der Waals surface area contributed by atoms with Gasteiger partial charge in [0.2, 0.25) is 0 Å². The van der Waals surface area contributed by atoms with Crippen molar-refractivity contribution in [3.63, 3.8) is 0 Å². The van der Waals surface area contributed by atoms with Gasteiger partial charge in [-0.3, -0.25) is 4.99 Å². The molecule has 0 aromatic carbocycles. The summed E-state index contributed by atoms with van der Waals surface area (Å²) < 4.78 is 0. The van der Waals surface area contributed by atoms with Crippen molar-refractivity contribution in [2.75, 3.05) is 6.54 Å². The molecule has 1 aliphatic rings. The van der Waals surface area contributed by atoms with Crippen LogP contribution in [-0.4, -0.2) is 40.3 Å². The van der Waals surface area contributed by atoms with Gasteiger partial charge in [-0.2, -0.15) is 0 Å². The van der Waals surface area contributed by atoms with Crippen LogP contribution >= 0.6 is 0 Å². The van der Waals surface area contributed by atoms with Crippen molar-refractivity contribution in [1.82, 2.24) is 5.32 Å². The molecule has 0 spiro atoms. The Morgan fingerprint density at radius 2 is 1.29 bits per heavy atom. The molecule has 0 aliphatic carbocycles. The Morgan fingerprint density at radius 3 is 1.71 bits per heavy atom. The van der Waals surface area contributed by atoms with Crippen LogP contribution in [0.4, 0.5) is 0 Å². The zero-order chi connectivity index (χ0) is 21.4. The highest BCUT2D eigenvalue weighted by Gasteiger charge is 2.60. The number of rotatable bonds is 14. The van der Waals surface area contributed by atoms with E-state index < -0.39 is 28.6 Å². The van der Waals surface area contributed by atoms with Crippen LogP contribution in [0.2, 0.25) is 0 Å². The molecule has 0 aromatic rings. The van der Waals surface area contributed by atoms with Crippen LogP contribution in [0.1, 0.15) is 113 Å². The Hall–Kier alpha value is -0.610. The first-order chi connectivity index (χ1) is 13.0. The van der Waals surface area contributed by atoms with E-state index in [9.17, 15) is 10.2 Å². The fourth-order valence-corrected chi connectivity index (χ4v) is 4.56. The minimum Gasteiger partial charge on any atom is -0.393 e. The van der Waals surface area contributed by atoms with Crippen molar-refractivity contribution >= 4 is 5.84 Å². The molecule has 0 aromatic heterocycles. The molecule has 4 nitrogen and oxygen atoms in total. The van der Waals surface area contributed by atoms with E-state index in [2.05, 4.69) is 39.9 Å². The number of hydrogen-bond acceptors (Lipinski definition) is 4. The van der Waals surface area contributed by atoms with Crippen LogP contribution in [0.25, 0.3) is 0 Å². The van der Waals surface area contributed by atoms with Crippen LogP contribution in [0.5, 0.6) is 0 Å². The summed E-state index contributed by atoms with van der Waals surface area (Å²) in [5.41, 5.74) is -1.30. The number of nitrogens with one attached hydrogen (secondary N) is 1. The van der Waals surface area contributed by atoms with E-state index in [1.54, 1.807) is 0 Å². The predicted octanol–water partition coefficient (Wildman–Crippen LogP) is 5.46. The highest BCUT2D eigenvalue weighted by Crippen LogP contribution is 2.50. The highest BCUT2D eigenvalue weighted by molar-refractivity contribution is 5.85. The Bertz CT molecular complexity index is 461. The van der Waals surface area contributed by atoms with Crippen LogP contribution in [0.15, 0.2) is 4.99 Å². The lowest BCUT2D eigenvalue weighted by atomic mass is 9.55. The summed E-state index contributed by atoms with van der Waals surface area (Å²) in [4.78, 5) is 4.84. The molecule has 1 aliphatic heterocycles. The highest BCUT2D eigenvalue weighted by atomic mass is 16.3. The third kappa shape index (κ3) is 5.72. The Balaban J connectivity index is 2.56. The van der Waals surface area contributed by atoms with E-state index in [1.165, 1.54) is 51.4 Å². The zero-order valence-corrected chi connectivity index (χ0v) is 19.8. The van der Waals surface area contributed by atoms with Crippen molar-refractivity contribution < 1.29 is 10.2 Å². The summed E-state index contributed by atoms with van der Waals surface area (Å²) in [6, 6.07) is 0. The summed E-state index contributed by atoms with van der Waals surface area (Å²) in [5, 5.41) is 24.7. The largest absolute Gasteiger partial charge is 0.393 e. The first-order valence-electron chi connectivity index (χ1n) is 11.7. The molecule has 2 atom stereocenters. The van der Waals surface area contributed by atoms with Gasteiger partial charge in [0.25, 0.3) is 0 Å². The summed E-state index contributed by atoms with van der Waals surface area (Å²) in [6.45, 7) is 14.9. The summed E-state index contributed by atoms with van der Waals surface area (Å²) in [5.74, 6) is 1.05. The van der Waals surface area contributed by atoms with Gasteiger partial charge in [-0.15, -0.1) is 0 Å². The molecule has 4 heteroatoms. The zero-order valence-electron chi connectivity index (χ0n) is 19.8. The number of hydrogen-bond donors (Lipinski definition) is 3. The lowest BCUT2D eigenvalue weighted by Gasteiger charge is -2.56. The smallest absolute Gasteiger partial charge is 0.0969 e. The predicted molar refractivity (Wildman–Crippen MR) is 121 cm³/mol. The van der Waals surface area contributed by atoms with Gasteiger partial charge < -0.3 is 15.5 Å². The van der Waals surface area contributed by atoms with Crippen LogP contribution < -0.4 is 5.32 Å². The van der Waals surface area contributed by atoms with Gasteiger partial charge >= 0.3 is 0 Å². The minimum atomic E-state index is -0.500. The van der Waals surface area contributed by atoms with Crippen molar-refractivity contribution in [3.8, 4) is 0 Å². The maximum atomic E-state index is 10.5.